The van der Waals surface area contributed by atoms with Crippen LogP contribution in [-0.4, -0.2) is 21.3 Å². The summed E-state index contributed by atoms with van der Waals surface area (Å²) in [7, 11) is 0. The summed E-state index contributed by atoms with van der Waals surface area (Å²) in [6, 6.07) is 3.08. The lowest BCUT2D eigenvalue weighted by atomic mass is 10.1. The molecule has 9 heteroatoms. The fraction of sp³-hybridized carbons (Fsp3) is 0.214. The zero-order chi connectivity index (χ0) is 17.1. The zero-order valence-corrected chi connectivity index (χ0v) is 15.5. The van der Waals surface area contributed by atoms with Crippen LogP contribution in [-0.2, 0) is 4.79 Å². The summed E-state index contributed by atoms with van der Waals surface area (Å²) in [5, 5.41) is 3.29. The molecule has 1 atom stereocenters. The summed E-state index contributed by atoms with van der Waals surface area (Å²) < 4.78 is 0. The molecule has 0 saturated carbocycles. The first-order valence-electron chi connectivity index (χ1n) is 6.39. The Morgan fingerprint density at radius 2 is 1.96 bits per heavy atom. The van der Waals surface area contributed by atoms with Gasteiger partial charge in [-0.3, -0.25) is 4.79 Å². The smallest absolute Gasteiger partial charge is 0.227 e. The number of anilines is 1. The summed E-state index contributed by atoms with van der Waals surface area (Å²) in [5.41, 5.74) is 0.738. The summed E-state index contributed by atoms with van der Waals surface area (Å²) in [5.74, 6) is -0.172. The Labute approximate surface area is 158 Å². The Morgan fingerprint density at radius 1 is 1.26 bits per heavy atom. The molecule has 2 aromatic rings. The normalized spacial score (nSPS) is 12.1. The van der Waals surface area contributed by atoms with Crippen molar-refractivity contribution in [1.82, 2.24) is 9.97 Å². The topological polar surface area (TPSA) is 54.9 Å². The molecule has 23 heavy (non-hydrogen) atoms. The minimum atomic E-state index is -0.324. The van der Waals surface area contributed by atoms with Crippen molar-refractivity contribution in [3.8, 4) is 11.3 Å². The summed E-state index contributed by atoms with van der Waals surface area (Å²) in [4.78, 5) is 20.2. The van der Waals surface area contributed by atoms with Crippen LogP contribution in [0.25, 0.3) is 11.3 Å². The van der Waals surface area contributed by atoms with E-state index in [0.29, 0.717) is 16.3 Å². The molecule has 0 aliphatic carbocycles. The first-order chi connectivity index (χ1) is 10.8. The number of carbonyl (C=O) groups is 1. The predicted molar refractivity (Wildman–Crippen MR) is 96.1 cm³/mol. The summed E-state index contributed by atoms with van der Waals surface area (Å²) in [6.07, 6.45) is 1.45. The van der Waals surface area contributed by atoms with Gasteiger partial charge in [0.1, 0.15) is 10.8 Å². The van der Waals surface area contributed by atoms with Crippen LogP contribution in [0.15, 0.2) is 18.3 Å². The van der Waals surface area contributed by atoms with Gasteiger partial charge in [-0.15, -0.1) is 11.6 Å². The summed E-state index contributed by atoms with van der Waals surface area (Å²) in [6.45, 7) is 1.71. The Hall–Kier alpha value is -0.780. The minimum absolute atomic E-state index is 0.110. The van der Waals surface area contributed by atoms with Gasteiger partial charge >= 0.3 is 0 Å². The van der Waals surface area contributed by atoms with Crippen LogP contribution >= 0.6 is 58.0 Å². The zero-order valence-electron chi connectivity index (χ0n) is 11.7. The SMILES string of the molecule is CC(Cl)CC(=O)Nc1nc(Cl)cnc1-c1cc(Cl)cc(Cl)c1Cl. The van der Waals surface area contributed by atoms with Crippen LogP contribution in [0.4, 0.5) is 5.82 Å². The lowest BCUT2D eigenvalue weighted by Gasteiger charge is -2.12. The number of hydrogen-bond donors (Lipinski definition) is 1. The molecule has 1 aromatic heterocycles. The molecule has 1 heterocycles. The van der Waals surface area contributed by atoms with Crippen LogP contribution in [0.5, 0.6) is 0 Å². The minimum Gasteiger partial charge on any atom is -0.309 e. The number of nitrogens with zero attached hydrogens (tertiary/aromatic N) is 2. The van der Waals surface area contributed by atoms with E-state index in [1.807, 2.05) is 0 Å². The van der Waals surface area contributed by atoms with E-state index in [-0.39, 0.29) is 38.7 Å². The predicted octanol–water partition coefficient (Wildman–Crippen LogP) is 5.71. The third kappa shape index (κ3) is 4.85. The number of halogens is 5. The Kier molecular flexibility index (Phi) is 6.34. The highest BCUT2D eigenvalue weighted by atomic mass is 35.5. The van der Waals surface area contributed by atoms with Crippen molar-refractivity contribution >= 4 is 69.7 Å². The number of amides is 1. The van der Waals surface area contributed by atoms with Crippen LogP contribution in [0.3, 0.4) is 0 Å². The molecule has 4 nitrogen and oxygen atoms in total. The maximum Gasteiger partial charge on any atom is 0.227 e. The van der Waals surface area contributed by atoms with Gasteiger partial charge < -0.3 is 5.32 Å². The number of alkyl halides is 1. The molecule has 0 fully saturated rings. The van der Waals surface area contributed by atoms with Crippen molar-refractivity contribution in [2.24, 2.45) is 0 Å². The van der Waals surface area contributed by atoms with E-state index < -0.39 is 0 Å². The van der Waals surface area contributed by atoms with Crippen LogP contribution in [0.1, 0.15) is 13.3 Å². The highest BCUT2D eigenvalue weighted by Crippen LogP contribution is 2.38. The number of rotatable bonds is 4. The average Bonchev–Trinajstić information content (AvgIpc) is 2.42. The molecule has 122 valence electrons. The molecule has 1 amide bonds. The molecule has 1 unspecified atom stereocenters. The maximum atomic E-state index is 11.9. The quantitative estimate of drug-likeness (QED) is 0.516. The average molecular weight is 414 g/mol. The van der Waals surface area contributed by atoms with Crippen molar-refractivity contribution in [3.63, 3.8) is 0 Å². The molecular formula is C14H10Cl5N3O. The van der Waals surface area contributed by atoms with E-state index in [2.05, 4.69) is 15.3 Å². The second-order valence-electron chi connectivity index (χ2n) is 4.67. The van der Waals surface area contributed by atoms with Crippen molar-refractivity contribution in [3.05, 3.63) is 38.6 Å². The van der Waals surface area contributed by atoms with Gasteiger partial charge in [0.05, 0.1) is 16.2 Å². The molecular weight excluding hydrogens is 403 g/mol. The molecule has 0 bridgehead atoms. The highest BCUT2D eigenvalue weighted by Gasteiger charge is 2.18. The number of carbonyl (C=O) groups excluding carboxylic acids is 1. The van der Waals surface area contributed by atoms with Gasteiger partial charge in [0.25, 0.3) is 0 Å². The monoisotopic (exact) mass is 411 g/mol. The van der Waals surface area contributed by atoms with Gasteiger partial charge in [-0.1, -0.05) is 46.4 Å². The Morgan fingerprint density at radius 3 is 2.61 bits per heavy atom. The fourth-order valence-electron chi connectivity index (χ4n) is 1.82. The molecule has 0 spiro atoms. The van der Waals surface area contributed by atoms with Gasteiger partial charge in [-0.2, -0.15) is 0 Å². The molecule has 0 aliphatic heterocycles. The molecule has 2 rings (SSSR count). The number of nitrogens with one attached hydrogen (secondary N) is 1. The second kappa shape index (κ2) is 7.86. The van der Waals surface area contributed by atoms with Crippen molar-refractivity contribution < 1.29 is 4.79 Å². The molecule has 1 N–H and O–H groups in total. The largest absolute Gasteiger partial charge is 0.309 e. The molecule has 0 aliphatic rings. The third-order valence-electron chi connectivity index (χ3n) is 2.72. The number of hydrogen-bond acceptors (Lipinski definition) is 3. The van der Waals surface area contributed by atoms with E-state index in [9.17, 15) is 4.79 Å². The van der Waals surface area contributed by atoms with Crippen LogP contribution in [0.2, 0.25) is 20.2 Å². The maximum absolute atomic E-state index is 11.9. The lowest BCUT2D eigenvalue weighted by molar-refractivity contribution is -0.116. The van der Waals surface area contributed by atoms with Gasteiger partial charge in [0.15, 0.2) is 5.82 Å². The Bertz CT molecular complexity index is 751. The van der Waals surface area contributed by atoms with Crippen molar-refractivity contribution in [2.75, 3.05) is 5.32 Å². The second-order valence-corrected chi connectivity index (χ2v) is 7.03. The van der Waals surface area contributed by atoms with Gasteiger partial charge in [0, 0.05) is 22.4 Å². The van der Waals surface area contributed by atoms with E-state index in [0.717, 1.165) is 0 Å². The van der Waals surface area contributed by atoms with Gasteiger partial charge in [-0.05, 0) is 19.1 Å². The summed E-state index contributed by atoms with van der Waals surface area (Å²) >= 11 is 29.9. The fourth-order valence-corrected chi connectivity index (χ4v) is 2.78. The van der Waals surface area contributed by atoms with E-state index in [1.165, 1.54) is 12.3 Å². The lowest BCUT2D eigenvalue weighted by Crippen LogP contribution is -2.17. The molecule has 1 aromatic carbocycles. The first-order valence-corrected chi connectivity index (χ1v) is 8.34. The molecule has 0 radical (unpaired) electrons. The number of aromatic nitrogens is 2. The van der Waals surface area contributed by atoms with E-state index in [4.69, 9.17) is 58.0 Å². The van der Waals surface area contributed by atoms with E-state index in [1.54, 1.807) is 13.0 Å². The van der Waals surface area contributed by atoms with Crippen LogP contribution < -0.4 is 5.32 Å². The first kappa shape index (κ1) is 18.6. The third-order valence-corrected chi connectivity index (χ3v) is 4.07. The highest BCUT2D eigenvalue weighted by molar-refractivity contribution is 6.45. The van der Waals surface area contributed by atoms with E-state index >= 15 is 0 Å². The number of benzene rings is 1. The van der Waals surface area contributed by atoms with Gasteiger partial charge in [0.2, 0.25) is 5.91 Å². The van der Waals surface area contributed by atoms with Gasteiger partial charge in [-0.25, -0.2) is 9.97 Å². The van der Waals surface area contributed by atoms with Crippen LogP contribution in [0, 0.1) is 0 Å². The Balaban J connectivity index is 2.49. The standard InChI is InChI=1S/C14H10Cl5N3O/c1-6(15)2-11(23)22-14-13(20-5-10(18)21-14)8-3-7(16)4-9(17)12(8)19/h3-6H,2H2,1H3,(H,21,22,23). The molecule has 0 saturated heterocycles. The van der Waals surface area contributed by atoms with Crippen molar-refractivity contribution in [2.45, 2.75) is 18.7 Å². The van der Waals surface area contributed by atoms with Crippen molar-refractivity contribution in [1.29, 1.82) is 0 Å².